The molecule has 0 aliphatic carbocycles. The van der Waals surface area contributed by atoms with Gasteiger partial charge in [0.2, 0.25) is 0 Å². The molecule has 2 rings (SSSR count). The van der Waals surface area contributed by atoms with Gasteiger partial charge >= 0.3 is 0 Å². The van der Waals surface area contributed by atoms with E-state index in [0.717, 1.165) is 24.9 Å². The summed E-state index contributed by atoms with van der Waals surface area (Å²) in [7, 11) is 0. The standard InChI is InChI=1S/C14H23N3/c1-3-13(4-2)16-9-11-17(12-10-16)14-7-5-6-8-15-14/h5-8,13H,3-4,9-12H2,1-2H3. The molecule has 0 saturated carbocycles. The Hall–Kier alpha value is -1.09. The largest absolute Gasteiger partial charge is 0.354 e. The highest BCUT2D eigenvalue weighted by Gasteiger charge is 2.21. The third-order valence-electron chi connectivity index (χ3n) is 3.75. The van der Waals surface area contributed by atoms with Crippen molar-refractivity contribution in [3.63, 3.8) is 0 Å². The Labute approximate surface area is 104 Å². The smallest absolute Gasteiger partial charge is 0.128 e. The van der Waals surface area contributed by atoms with Crippen LogP contribution in [-0.4, -0.2) is 42.1 Å². The maximum Gasteiger partial charge on any atom is 0.128 e. The highest BCUT2D eigenvalue weighted by molar-refractivity contribution is 5.38. The van der Waals surface area contributed by atoms with Gasteiger partial charge in [0, 0.05) is 38.4 Å². The molecule has 1 aliphatic heterocycles. The van der Waals surface area contributed by atoms with Crippen LogP contribution in [-0.2, 0) is 0 Å². The number of piperazine rings is 1. The summed E-state index contributed by atoms with van der Waals surface area (Å²) in [5.74, 6) is 1.12. The van der Waals surface area contributed by atoms with Crippen molar-refractivity contribution in [1.29, 1.82) is 0 Å². The van der Waals surface area contributed by atoms with Crippen molar-refractivity contribution in [2.45, 2.75) is 32.7 Å². The van der Waals surface area contributed by atoms with Crippen molar-refractivity contribution in [2.24, 2.45) is 0 Å². The van der Waals surface area contributed by atoms with Gasteiger partial charge in [-0.3, -0.25) is 4.90 Å². The fourth-order valence-corrected chi connectivity index (χ4v) is 2.66. The van der Waals surface area contributed by atoms with Gasteiger partial charge in [0.05, 0.1) is 0 Å². The summed E-state index contributed by atoms with van der Waals surface area (Å²) >= 11 is 0. The Kier molecular flexibility index (Phi) is 4.37. The van der Waals surface area contributed by atoms with Crippen LogP contribution in [0.4, 0.5) is 5.82 Å². The first-order valence-corrected chi connectivity index (χ1v) is 6.75. The summed E-state index contributed by atoms with van der Waals surface area (Å²) in [6.45, 7) is 9.13. The van der Waals surface area contributed by atoms with Gasteiger partial charge in [-0.15, -0.1) is 0 Å². The van der Waals surface area contributed by atoms with E-state index in [0.29, 0.717) is 0 Å². The monoisotopic (exact) mass is 233 g/mol. The molecule has 0 unspecified atom stereocenters. The van der Waals surface area contributed by atoms with Crippen LogP contribution in [0, 0.1) is 0 Å². The first-order valence-electron chi connectivity index (χ1n) is 6.75. The van der Waals surface area contributed by atoms with E-state index in [4.69, 9.17) is 0 Å². The minimum absolute atomic E-state index is 0.765. The van der Waals surface area contributed by atoms with Crippen molar-refractivity contribution < 1.29 is 0 Å². The van der Waals surface area contributed by atoms with Gasteiger partial charge in [-0.05, 0) is 25.0 Å². The number of nitrogens with zero attached hydrogens (tertiary/aromatic N) is 3. The van der Waals surface area contributed by atoms with Crippen molar-refractivity contribution in [1.82, 2.24) is 9.88 Å². The lowest BCUT2D eigenvalue weighted by atomic mass is 10.1. The van der Waals surface area contributed by atoms with Crippen LogP contribution in [0.3, 0.4) is 0 Å². The lowest BCUT2D eigenvalue weighted by molar-refractivity contribution is 0.175. The number of rotatable bonds is 4. The number of hydrogen-bond acceptors (Lipinski definition) is 3. The van der Waals surface area contributed by atoms with E-state index >= 15 is 0 Å². The van der Waals surface area contributed by atoms with E-state index < -0.39 is 0 Å². The predicted octanol–water partition coefficient (Wildman–Crippen LogP) is 2.39. The number of pyridine rings is 1. The predicted molar refractivity (Wildman–Crippen MR) is 72.4 cm³/mol. The molecule has 0 amide bonds. The van der Waals surface area contributed by atoms with Gasteiger partial charge in [-0.2, -0.15) is 0 Å². The van der Waals surface area contributed by atoms with Crippen LogP contribution >= 0.6 is 0 Å². The zero-order chi connectivity index (χ0) is 12.1. The van der Waals surface area contributed by atoms with Crippen molar-refractivity contribution in [3.05, 3.63) is 24.4 Å². The molecule has 0 aromatic carbocycles. The molecule has 0 radical (unpaired) electrons. The molecule has 0 atom stereocenters. The van der Waals surface area contributed by atoms with Gasteiger partial charge < -0.3 is 4.90 Å². The van der Waals surface area contributed by atoms with Gasteiger partial charge in [-0.25, -0.2) is 4.98 Å². The van der Waals surface area contributed by atoms with Crippen LogP contribution in [0.1, 0.15) is 26.7 Å². The van der Waals surface area contributed by atoms with Crippen LogP contribution < -0.4 is 4.90 Å². The summed E-state index contributed by atoms with van der Waals surface area (Å²) in [6.07, 6.45) is 4.41. The molecule has 3 heteroatoms. The van der Waals surface area contributed by atoms with Gasteiger partial charge in [0.1, 0.15) is 5.82 Å². The number of aromatic nitrogens is 1. The molecule has 0 spiro atoms. The summed E-state index contributed by atoms with van der Waals surface area (Å²) in [6, 6.07) is 6.91. The van der Waals surface area contributed by atoms with E-state index in [1.54, 1.807) is 0 Å². The normalized spacial score (nSPS) is 17.7. The molecule has 2 heterocycles. The topological polar surface area (TPSA) is 19.4 Å². The van der Waals surface area contributed by atoms with E-state index in [9.17, 15) is 0 Å². The molecule has 1 aliphatic rings. The molecule has 94 valence electrons. The van der Waals surface area contributed by atoms with Crippen LogP contribution in [0.5, 0.6) is 0 Å². The van der Waals surface area contributed by atoms with Crippen molar-refractivity contribution >= 4 is 5.82 Å². The fraction of sp³-hybridized carbons (Fsp3) is 0.643. The minimum Gasteiger partial charge on any atom is -0.354 e. The Morgan fingerprint density at radius 2 is 1.82 bits per heavy atom. The summed E-state index contributed by atoms with van der Waals surface area (Å²) in [5, 5.41) is 0. The average Bonchev–Trinajstić information content (AvgIpc) is 2.42. The lowest BCUT2D eigenvalue weighted by Gasteiger charge is -2.39. The molecule has 3 nitrogen and oxygen atoms in total. The molecule has 1 aromatic rings. The SMILES string of the molecule is CCC(CC)N1CCN(c2ccccn2)CC1. The molecule has 0 N–H and O–H groups in total. The Balaban J connectivity index is 1.90. The first kappa shape index (κ1) is 12.4. The van der Waals surface area contributed by atoms with Crippen LogP contribution in [0.2, 0.25) is 0 Å². The second-order valence-corrected chi connectivity index (χ2v) is 4.68. The third kappa shape index (κ3) is 2.97. The Morgan fingerprint density at radius 3 is 2.35 bits per heavy atom. The molecule has 1 aromatic heterocycles. The molecule has 17 heavy (non-hydrogen) atoms. The average molecular weight is 233 g/mol. The number of anilines is 1. The zero-order valence-corrected chi connectivity index (χ0v) is 11.0. The lowest BCUT2D eigenvalue weighted by Crippen LogP contribution is -2.50. The Morgan fingerprint density at radius 1 is 1.12 bits per heavy atom. The van der Waals surface area contributed by atoms with E-state index in [1.165, 1.54) is 25.9 Å². The second kappa shape index (κ2) is 6.01. The summed E-state index contributed by atoms with van der Waals surface area (Å²) in [5.41, 5.74) is 0. The molecule has 1 saturated heterocycles. The first-order chi connectivity index (χ1) is 8.35. The van der Waals surface area contributed by atoms with E-state index in [-0.39, 0.29) is 0 Å². The molecular weight excluding hydrogens is 210 g/mol. The summed E-state index contributed by atoms with van der Waals surface area (Å²) in [4.78, 5) is 9.43. The molecule has 0 bridgehead atoms. The third-order valence-corrected chi connectivity index (χ3v) is 3.75. The Bertz CT molecular complexity index is 313. The summed E-state index contributed by atoms with van der Waals surface area (Å²) < 4.78 is 0. The quantitative estimate of drug-likeness (QED) is 0.796. The van der Waals surface area contributed by atoms with Crippen molar-refractivity contribution in [2.75, 3.05) is 31.1 Å². The zero-order valence-electron chi connectivity index (χ0n) is 11.0. The van der Waals surface area contributed by atoms with E-state index in [1.807, 2.05) is 12.3 Å². The highest BCUT2D eigenvalue weighted by atomic mass is 15.3. The van der Waals surface area contributed by atoms with Crippen LogP contribution in [0.25, 0.3) is 0 Å². The van der Waals surface area contributed by atoms with Crippen molar-refractivity contribution in [3.8, 4) is 0 Å². The molecule has 1 fully saturated rings. The fourth-order valence-electron chi connectivity index (χ4n) is 2.66. The molecular formula is C14H23N3. The van der Waals surface area contributed by atoms with Gasteiger partial charge in [0.15, 0.2) is 0 Å². The van der Waals surface area contributed by atoms with Crippen LogP contribution in [0.15, 0.2) is 24.4 Å². The highest BCUT2D eigenvalue weighted by Crippen LogP contribution is 2.16. The maximum atomic E-state index is 4.42. The van der Waals surface area contributed by atoms with Gasteiger partial charge in [-0.1, -0.05) is 19.9 Å². The maximum absolute atomic E-state index is 4.42. The number of hydrogen-bond donors (Lipinski definition) is 0. The second-order valence-electron chi connectivity index (χ2n) is 4.68. The van der Waals surface area contributed by atoms with Gasteiger partial charge in [0.25, 0.3) is 0 Å². The minimum atomic E-state index is 0.765. The van der Waals surface area contributed by atoms with E-state index in [2.05, 4.69) is 40.8 Å².